The minimum Gasteiger partial charge on any atom is -0.103 e. The molecule has 0 heteroatoms. The Morgan fingerprint density at radius 1 is 1.71 bits per heavy atom. The van der Waals surface area contributed by atoms with Gasteiger partial charge < -0.3 is 0 Å². The van der Waals surface area contributed by atoms with Gasteiger partial charge in [-0.1, -0.05) is 19.9 Å². The van der Waals surface area contributed by atoms with E-state index in [1.54, 1.807) is 0 Å². The van der Waals surface area contributed by atoms with Gasteiger partial charge in [-0.2, -0.15) is 0 Å². The van der Waals surface area contributed by atoms with Crippen LogP contribution in [0.1, 0.15) is 20.3 Å². The number of hydrogen-bond donors (Lipinski definition) is 0. The van der Waals surface area contributed by atoms with Gasteiger partial charge in [0.25, 0.3) is 0 Å². The summed E-state index contributed by atoms with van der Waals surface area (Å²) in [6, 6.07) is 0. The van der Waals surface area contributed by atoms with Crippen LogP contribution < -0.4 is 0 Å². The van der Waals surface area contributed by atoms with Crippen molar-refractivity contribution in [1.29, 1.82) is 0 Å². The summed E-state index contributed by atoms with van der Waals surface area (Å²) in [5, 5.41) is 0. The lowest BCUT2D eigenvalue weighted by Gasteiger charge is -1.99. The van der Waals surface area contributed by atoms with Crippen molar-refractivity contribution in [3.63, 3.8) is 0 Å². The molecule has 1 atom stereocenters. The number of allylic oxidation sites excluding steroid dienone is 1. The second kappa shape index (κ2) is 3.91. The topological polar surface area (TPSA) is 0 Å². The summed E-state index contributed by atoms with van der Waals surface area (Å²) in [5.74, 6) is 0.706. The molecule has 1 radical (unpaired) electrons. The molecule has 41 valence electrons. The van der Waals surface area contributed by atoms with E-state index in [-0.39, 0.29) is 0 Å². The Balaban J connectivity index is 2.98. The van der Waals surface area contributed by atoms with Crippen molar-refractivity contribution in [2.24, 2.45) is 5.92 Å². The van der Waals surface area contributed by atoms with Crippen molar-refractivity contribution in [1.82, 2.24) is 0 Å². The van der Waals surface area contributed by atoms with Crippen molar-refractivity contribution in [2.75, 3.05) is 0 Å². The summed E-state index contributed by atoms with van der Waals surface area (Å²) in [4.78, 5) is 0. The fourth-order valence-electron chi connectivity index (χ4n) is 0.399. The van der Waals surface area contributed by atoms with Crippen LogP contribution in [-0.4, -0.2) is 0 Å². The fourth-order valence-corrected chi connectivity index (χ4v) is 0.399. The summed E-state index contributed by atoms with van der Waals surface area (Å²) in [6.45, 7) is 7.89. The van der Waals surface area contributed by atoms with Crippen LogP contribution in [0.25, 0.3) is 0 Å². The molecule has 0 saturated carbocycles. The van der Waals surface area contributed by atoms with Crippen molar-refractivity contribution < 1.29 is 0 Å². The van der Waals surface area contributed by atoms with E-state index in [9.17, 15) is 0 Å². The molecule has 0 aromatic rings. The average molecular weight is 97.2 g/mol. The highest BCUT2D eigenvalue weighted by molar-refractivity contribution is 4.76. The lowest BCUT2D eigenvalue weighted by molar-refractivity contribution is 0.689. The van der Waals surface area contributed by atoms with E-state index in [4.69, 9.17) is 0 Å². The molecule has 0 aromatic heterocycles. The van der Waals surface area contributed by atoms with E-state index >= 15 is 0 Å². The van der Waals surface area contributed by atoms with E-state index in [2.05, 4.69) is 26.8 Å². The standard InChI is InChI=1S/C7H13/c1-4-6-7(3)5-2/h4-5,7H,1,6H2,2-3H3/t7-/m0/s1. The lowest BCUT2D eigenvalue weighted by atomic mass is 10.1. The van der Waals surface area contributed by atoms with Gasteiger partial charge in [-0.15, -0.1) is 6.58 Å². The highest BCUT2D eigenvalue weighted by Crippen LogP contribution is 2.03. The van der Waals surface area contributed by atoms with E-state index < -0.39 is 0 Å². The first-order chi connectivity index (χ1) is 3.31. The molecule has 0 spiro atoms. The summed E-state index contributed by atoms with van der Waals surface area (Å²) in [6.07, 6.45) is 5.24. The first-order valence-electron chi connectivity index (χ1n) is 2.71. The molecule has 0 nitrogen and oxygen atoms in total. The zero-order valence-electron chi connectivity index (χ0n) is 5.15. The number of hydrogen-bond acceptors (Lipinski definition) is 0. The Bertz CT molecular complexity index is 46.0. The van der Waals surface area contributed by atoms with E-state index in [0.717, 1.165) is 6.42 Å². The van der Waals surface area contributed by atoms with Gasteiger partial charge in [0.15, 0.2) is 0 Å². The van der Waals surface area contributed by atoms with Crippen LogP contribution in [0.4, 0.5) is 0 Å². The van der Waals surface area contributed by atoms with Crippen LogP contribution in [0.15, 0.2) is 12.7 Å². The molecular formula is C7H13. The Morgan fingerprint density at radius 3 is 2.43 bits per heavy atom. The van der Waals surface area contributed by atoms with Gasteiger partial charge in [-0.25, -0.2) is 0 Å². The van der Waals surface area contributed by atoms with Crippen molar-refractivity contribution in [3.8, 4) is 0 Å². The van der Waals surface area contributed by atoms with Crippen molar-refractivity contribution in [2.45, 2.75) is 20.3 Å². The van der Waals surface area contributed by atoms with Gasteiger partial charge in [0, 0.05) is 0 Å². The molecule has 0 rings (SSSR count). The molecule has 0 fully saturated rings. The predicted octanol–water partition coefficient (Wildman–Crippen LogP) is 2.42. The molecule has 0 N–H and O–H groups in total. The largest absolute Gasteiger partial charge is 0.103 e. The van der Waals surface area contributed by atoms with Gasteiger partial charge in [-0.05, 0) is 18.8 Å². The SMILES string of the molecule is C=CC[C@@H](C)[CH]C. The quantitative estimate of drug-likeness (QED) is 0.474. The maximum absolute atomic E-state index is 3.63. The first-order valence-corrected chi connectivity index (χ1v) is 2.71. The van der Waals surface area contributed by atoms with Crippen molar-refractivity contribution >= 4 is 0 Å². The van der Waals surface area contributed by atoms with Crippen LogP contribution in [0.3, 0.4) is 0 Å². The molecule has 0 amide bonds. The lowest BCUT2D eigenvalue weighted by Crippen LogP contribution is -1.87. The van der Waals surface area contributed by atoms with E-state index in [1.165, 1.54) is 0 Å². The minimum atomic E-state index is 0.706. The van der Waals surface area contributed by atoms with Crippen LogP contribution in [0.5, 0.6) is 0 Å². The molecular weight excluding hydrogens is 84.1 g/mol. The van der Waals surface area contributed by atoms with Gasteiger partial charge in [0.2, 0.25) is 0 Å². The highest BCUT2D eigenvalue weighted by Gasteiger charge is 1.91. The molecule has 0 aliphatic rings. The molecule has 0 bridgehead atoms. The zero-order chi connectivity index (χ0) is 5.70. The third-order valence-electron chi connectivity index (χ3n) is 1.11. The fraction of sp³-hybridized carbons (Fsp3) is 0.571. The molecule has 0 heterocycles. The summed E-state index contributed by atoms with van der Waals surface area (Å²) >= 11 is 0. The second-order valence-electron chi connectivity index (χ2n) is 1.83. The minimum absolute atomic E-state index is 0.706. The van der Waals surface area contributed by atoms with Crippen molar-refractivity contribution in [3.05, 3.63) is 19.1 Å². The van der Waals surface area contributed by atoms with E-state index in [1.807, 2.05) is 6.08 Å². The van der Waals surface area contributed by atoms with Crippen LogP contribution >= 0.6 is 0 Å². The number of rotatable bonds is 3. The molecule has 0 aromatic carbocycles. The molecule has 0 aliphatic carbocycles. The normalized spacial score (nSPS) is 13.4. The van der Waals surface area contributed by atoms with Crippen LogP contribution in [0.2, 0.25) is 0 Å². The summed E-state index contributed by atoms with van der Waals surface area (Å²) < 4.78 is 0. The predicted molar refractivity (Wildman–Crippen MR) is 34.0 cm³/mol. The maximum Gasteiger partial charge on any atom is -0.0325 e. The van der Waals surface area contributed by atoms with Gasteiger partial charge in [-0.3, -0.25) is 0 Å². The van der Waals surface area contributed by atoms with Gasteiger partial charge in [0.1, 0.15) is 0 Å². The van der Waals surface area contributed by atoms with Crippen LogP contribution in [0, 0.1) is 12.3 Å². The third kappa shape index (κ3) is 3.57. The summed E-state index contributed by atoms with van der Waals surface area (Å²) in [7, 11) is 0. The second-order valence-corrected chi connectivity index (χ2v) is 1.83. The van der Waals surface area contributed by atoms with E-state index in [0.29, 0.717) is 5.92 Å². The average Bonchev–Trinajstić information content (AvgIpc) is 1.68. The molecule has 0 unspecified atom stereocenters. The third-order valence-corrected chi connectivity index (χ3v) is 1.11. The molecule has 7 heavy (non-hydrogen) atoms. The Kier molecular flexibility index (Phi) is 3.77. The smallest absolute Gasteiger partial charge is 0.0325 e. The first kappa shape index (κ1) is 6.74. The van der Waals surface area contributed by atoms with Crippen LogP contribution in [-0.2, 0) is 0 Å². The monoisotopic (exact) mass is 97.1 g/mol. The maximum atomic E-state index is 3.63. The summed E-state index contributed by atoms with van der Waals surface area (Å²) in [5.41, 5.74) is 0. The Hall–Kier alpha value is -0.260. The molecule has 0 aliphatic heterocycles. The Labute approximate surface area is 46.2 Å². The zero-order valence-corrected chi connectivity index (χ0v) is 5.15. The van der Waals surface area contributed by atoms with Gasteiger partial charge in [0.05, 0.1) is 0 Å². The van der Waals surface area contributed by atoms with Gasteiger partial charge >= 0.3 is 0 Å². The highest BCUT2D eigenvalue weighted by atomic mass is 14.0. The Morgan fingerprint density at radius 2 is 2.29 bits per heavy atom. The molecule has 0 saturated heterocycles.